The van der Waals surface area contributed by atoms with Gasteiger partial charge >= 0.3 is 0 Å². The molecule has 0 fully saturated rings. The van der Waals surface area contributed by atoms with Crippen molar-refractivity contribution in [3.05, 3.63) is 156 Å². The lowest BCUT2D eigenvalue weighted by Crippen LogP contribution is -2.25. The molecule has 0 heterocycles. The Morgan fingerprint density at radius 2 is 1.03 bits per heavy atom. The van der Waals surface area contributed by atoms with Crippen molar-refractivity contribution in [2.45, 2.75) is 46.5 Å². The normalized spacial score (nSPS) is 12.4. The zero-order chi connectivity index (χ0) is 26.8. The van der Waals surface area contributed by atoms with Crippen LogP contribution in [0.1, 0.15) is 62.4 Å². The maximum Gasteiger partial charge on any atom is 0.0725 e. The van der Waals surface area contributed by atoms with Crippen molar-refractivity contribution in [1.29, 1.82) is 0 Å². The first-order valence-corrected chi connectivity index (χ1v) is 13.5. The van der Waals surface area contributed by atoms with Crippen molar-refractivity contribution in [1.82, 2.24) is 0 Å². The summed E-state index contributed by atoms with van der Waals surface area (Å²) in [7, 11) is 0. The van der Waals surface area contributed by atoms with Crippen LogP contribution >= 0.6 is 0 Å². The SMILES string of the molecule is C=C/C=C\C.C=CCc1ccc2c(c1)C1(c3ccccc3-c3ccccc31)c1ccccc1-2.CC.CC. The Kier molecular flexibility index (Phi) is 9.64. The van der Waals surface area contributed by atoms with Gasteiger partial charge in [0.1, 0.15) is 0 Å². The lowest BCUT2D eigenvalue weighted by molar-refractivity contribution is 0.792. The summed E-state index contributed by atoms with van der Waals surface area (Å²) in [6.07, 6.45) is 8.46. The topological polar surface area (TPSA) is 0 Å². The molecule has 0 N–H and O–H groups in total. The lowest BCUT2D eigenvalue weighted by atomic mass is 9.70. The quantitative estimate of drug-likeness (QED) is 0.173. The Morgan fingerprint density at radius 3 is 1.41 bits per heavy atom. The molecule has 4 aromatic rings. The van der Waals surface area contributed by atoms with Crippen LogP contribution in [-0.4, -0.2) is 0 Å². The zero-order valence-electron chi connectivity index (χ0n) is 23.1. The number of hydrogen-bond donors (Lipinski definition) is 0. The second kappa shape index (κ2) is 12.9. The van der Waals surface area contributed by atoms with Gasteiger partial charge in [-0.3, -0.25) is 0 Å². The summed E-state index contributed by atoms with van der Waals surface area (Å²) in [5, 5.41) is 0. The molecule has 0 aromatic heterocycles. The van der Waals surface area contributed by atoms with Crippen LogP contribution < -0.4 is 0 Å². The van der Waals surface area contributed by atoms with Gasteiger partial charge in [-0.25, -0.2) is 0 Å². The van der Waals surface area contributed by atoms with Gasteiger partial charge in [-0.15, -0.1) is 6.58 Å². The van der Waals surface area contributed by atoms with Crippen LogP contribution in [0, 0.1) is 0 Å². The maximum absolute atomic E-state index is 3.95. The molecule has 0 radical (unpaired) electrons. The van der Waals surface area contributed by atoms with Gasteiger partial charge in [0.2, 0.25) is 0 Å². The van der Waals surface area contributed by atoms with Gasteiger partial charge < -0.3 is 0 Å². The molecule has 0 saturated carbocycles. The molecule has 0 bridgehead atoms. The number of rotatable bonds is 3. The Bertz CT molecular complexity index is 1320. The minimum absolute atomic E-state index is 0.226. The fourth-order valence-electron chi connectivity index (χ4n) is 5.57. The molecule has 2 aliphatic rings. The van der Waals surface area contributed by atoms with Crippen molar-refractivity contribution in [3.63, 3.8) is 0 Å². The van der Waals surface area contributed by atoms with Crippen LogP contribution in [0.4, 0.5) is 0 Å². The van der Waals surface area contributed by atoms with Gasteiger partial charge in [0, 0.05) is 0 Å². The van der Waals surface area contributed by atoms with Crippen LogP contribution in [0.5, 0.6) is 0 Å². The summed E-state index contributed by atoms with van der Waals surface area (Å²) in [4.78, 5) is 0. The van der Waals surface area contributed by atoms with Gasteiger partial charge in [0.25, 0.3) is 0 Å². The van der Waals surface area contributed by atoms with E-state index in [4.69, 9.17) is 0 Å². The monoisotopic (exact) mass is 484 g/mol. The van der Waals surface area contributed by atoms with Crippen molar-refractivity contribution >= 4 is 0 Å². The van der Waals surface area contributed by atoms with E-state index in [1.807, 2.05) is 52.8 Å². The van der Waals surface area contributed by atoms with Crippen LogP contribution in [0.3, 0.4) is 0 Å². The molecule has 188 valence electrons. The van der Waals surface area contributed by atoms with E-state index >= 15 is 0 Å². The summed E-state index contributed by atoms with van der Waals surface area (Å²) >= 11 is 0. The van der Waals surface area contributed by atoms with Crippen LogP contribution in [0.15, 0.2) is 128 Å². The first-order valence-electron chi connectivity index (χ1n) is 13.5. The molecule has 0 nitrogen and oxygen atoms in total. The second-order valence-electron chi connectivity index (χ2n) is 8.52. The number of allylic oxidation sites excluding steroid dienone is 4. The molecule has 1 spiro atoms. The van der Waals surface area contributed by atoms with E-state index in [9.17, 15) is 0 Å². The summed E-state index contributed by atoms with van der Waals surface area (Å²) in [5.74, 6) is 0. The van der Waals surface area contributed by atoms with Gasteiger partial charge in [-0.05, 0) is 63.4 Å². The highest BCUT2D eigenvalue weighted by Gasteiger charge is 2.51. The van der Waals surface area contributed by atoms with Crippen LogP contribution in [0.25, 0.3) is 22.3 Å². The third kappa shape index (κ3) is 4.65. The second-order valence-corrected chi connectivity index (χ2v) is 8.52. The van der Waals surface area contributed by atoms with Crippen molar-refractivity contribution in [2.24, 2.45) is 0 Å². The number of hydrogen-bond acceptors (Lipinski definition) is 0. The molecule has 4 aromatic carbocycles. The van der Waals surface area contributed by atoms with Crippen LogP contribution in [-0.2, 0) is 11.8 Å². The molecule has 0 amide bonds. The highest BCUT2D eigenvalue weighted by molar-refractivity contribution is 5.94. The molecule has 0 heteroatoms. The van der Waals surface area contributed by atoms with E-state index < -0.39 is 0 Å². The molecule has 0 atom stereocenters. The maximum atomic E-state index is 3.95. The lowest BCUT2D eigenvalue weighted by Gasteiger charge is -2.30. The Balaban J connectivity index is 0.000000375. The average Bonchev–Trinajstić information content (AvgIpc) is 3.43. The first-order chi connectivity index (χ1) is 18.3. The van der Waals surface area contributed by atoms with E-state index in [1.54, 1.807) is 6.08 Å². The van der Waals surface area contributed by atoms with E-state index in [1.165, 1.54) is 50.1 Å². The fraction of sp³-hybridized carbons (Fsp3) is 0.189. The zero-order valence-corrected chi connectivity index (χ0v) is 23.1. The molecule has 2 aliphatic carbocycles. The van der Waals surface area contributed by atoms with E-state index in [0.717, 1.165) is 6.42 Å². The van der Waals surface area contributed by atoms with Gasteiger partial charge in [0.05, 0.1) is 5.41 Å². The Hall–Kier alpha value is -3.90. The first kappa shape index (κ1) is 27.7. The minimum Gasteiger partial charge on any atom is -0.103 e. The Morgan fingerprint density at radius 1 is 0.595 bits per heavy atom. The highest BCUT2D eigenvalue weighted by atomic mass is 14.5. The molecular formula is C37H40. The molecular weight excluding hydrogens is 444 g/mol. The van der Waals surface area contributed by atoms with Crippen molar-refractivity contribution < 1.29 is 0 Å². The third-order valence-corrected chi connectivity index (χ3v) is 6.77. The third-order valence-electron chi connectivity index (χ3n) is 6.77. The summed E-state index contributed by atoms with van der Waals surface area (Å²) in [5.41, 5.74) is 12.1. The minimum atomic E-state index is -0.226. The number of benzene rings is 4. The molecule has 0 saturated heterocycles. The molecule has 6 rings (SSSR count). The summed E-state index contributed by atoms with van der Waals surface area (Å²) in [6, 6.07) is 33.8. The summed E-state index contributed by atoms with van der Waals surface area (Å²) < 4.78 is 0. The van der Waals surface area contributed by atoms with Crippen molar-refractivity contribution in [3.8, 4) is 22.3 Å². The van der Waals surface area contributed by atoms with Crippen molar-refractivity contribution in [2.75, 3.05) is 0 Å². The smallest absolute Gasteiger partial charge is 0.0725 e. The highest BCUT2D eigenvalue weighted by Crippen LogP contribution is 2.62. The Labute approximate surface area is 224 Å². The standard InChI is InChI=1S/C28H20.C5H8.2C2H6/c1-2-9-19-16-17-23-22-12-5-8-15-26(22)28(27(23)18-19)24-13-6-3-10-20(24)21-11-4-7-14-25(21)28;1-3-5-4-2;2*1-2/h2-8,10-18H,1,9H2;3-5H,1H2,2H3;2*1-2H3/b;5-4-;;. The molecule has 0 unspecified atom stereocenters. The number of fused-ring (bicyclic) bond motifs is 10. The van der Waals surface area contributed by atoms with Crippen LogP contribution in [0.2, 0.25) is 0 Å². The molecule has 0 aliphatic heterocycles. The van der Waals surface area contributed by atoms with E-state index in [2.05, 4.69) is 104 Å². The van der Waals surface area contributed by atoms with Gasteiger partial charge in [-0.2, -0.15) is 0 Å². The fourth-order valence-corrected chi connectivity index (χ4v) is 5.57. The largest absolute Gasteiger partial charge is 0.103 e. The van der Waals surface area contributed by atoms with Gasteiger partial charge in [0.15, 0.2) is 0 Å². The summed E-state index contributed by atoms with van der Waals surface area (Å²) in [6.45, 7) is 17.4. The molecule has 37 heavy (non-hydrogen) atoms. The van der Waals surface area contributed by atoms with E-state index in [-0.39, 0.29) is 5.41 Å². The average molecular weight is 485 g/mol. The predicted octanol–water partition coefficient (Wildman–Crippen LogP) is 10.6. The van der Waals surface area contributed by atoms with E-state index in [0.29, 0.717) is 0 Å². The van der Waals surface area contributed by atoms with Gasteiger partial charge in [-0.1, -0.05) is 150 Å². The predicted molar refractivity (Wildman–Crippen MR) is 164 cm³/mol.